The van der Waals surface area contributed by atoms with E-state index in [-0.39, 0.29) is 0 Å². The lowest BCUT2D eigenvalue weighted by molar-refractivity contribution is 0.232. The van der Waals surface area contributed by atoms with Gasteiger partial charge in [0, 0.05) is 14.6 Å². The number of ether oxygens (including phenoxy) is 1. The molecule has 0 saturated heterocycles. The van der Waals surface area contributed by atoms with Gasteiger partial charge in [0.2, 0.25) is 0 Å². The molecule has 2 rings (SSSR count). The summed E-state index contributed by atoms with van der Waals surface area (Å²) < 4.78 is 6.05. The Balaban J connectivity index is 2.49. The van der Waals surface area contributed by atoms with Gasteiger partial charge in [0.05, 0.1) is 13.7 Å². The first-order valence-corrected chi connectivity index (χ1v) is 5.04. The normalized spacial score (nSPS) is 10.9. The van der Waals surface area contributed by atoms with E-state index in [1.54, 1.807) is 11.3 Å². The monoisotopic (exact) mass is 211 g/mol. The lowest BCUT2D eigenvalue weighted by Gasteiger charge is -1.89. The molecular formula is C10H8ClOS. The summed E-state index contributed by atoms with van der Waals surface area (Å²) in [4.78, 5) is 1.17. The highest BCUT2D eigenvalue weighted by atomic mass is 35.5. The van der Waals surface area contributed by atoms with Crippen molar-refractivity contribution in [3.63, 3.8) is 0 Å². The van der Waals surface area contributed by atoms with E-state index in [1.807, 2.05) is 18.2 Å². The van der Waals surface area contributed by atoms with E-state index in [0.717, 1.165) is 5.02 Å². The van der Waals surface area contributed by atoms with Gasteiger partial charge in [0.15, 0.2) is 0 Å². The fraction of sp³-hybridized carbons (Fsp3) is 0.100. The van der Waals surface area contributed by atoms with E-state index < -0.39 is 0 Å². The number of hydrogen-bond donors (Lipinski definition) is 0. The number of halogens is 1. The summed E-state index contributed by atoms with van der Waals surface area (Å²) in [6.45, 7) is 0.566. The third-order valence-electron chi connectivity index (χ3n) is 1.77. The summed E-state index contributed by atoms with van der Waals surface area (Å²) >= 11 is 7.57. The second-order valence-electron chi connectivity index (χ2n) is 2.74. The Morgan fingerprint density at radius 1 is 1.38 bits per heavy atom. The van der Waals surface area contributed by atoms with Gasteiger partial charge in [-0.15, -0.1) is 11.3 Å². The van der Waals surface area contributed by atoms with Gasteiger partial charge in [-0.2, -0.15) is 0 Å². The minimum Gasteiger partial charge on any atom is -0.374 e. The summed E-state index contributed by atoms with van der Waals surface area (Å²) in [6, 6.07) is 7.96. The first-order valence-electron chi connectivity index (χ1n) is 3.84. The quantitative estimate of drug-likeness (QED) is 0.733. The van der Waals surface area contributed by atoms with E-state index in [1.165, 1.54) is 15.0 Å². The topological polar surface area (TPSA) is 9.23 Å². The van der Waals surface area contributed by atoms with Crippen LogP contribution in [0.5, 0.6) is 0 Å². The van der Waals surface area contributed by atoms with Gasteiger partial charge in [-0.1, -0.05) is 11.6 Å². The van der Waals surface area contributed by atoms with Gasteiger partial charge >= 0.3 is 0 Å². The second kappa shape index (κ2) is 3.66. The van der Waals surface area contributed by atoms with E-state index in [2.05, 4.69) is 13.2 Å². The zero-order valence-electron chi connectivity index (χ0n) is 6.92. The minimum atomic E-state index is 0.566. The zero-order chi connectivity index (χ0) is 9.26. The number of fused-ring (bicyclic) bond motifs is 1. The maximum Gasteiger partial charge on any atom is 0.0810 e. The van der Waals surface area contributed by atoms with Crippen LogP contribution in [0.15, 0.2) is 24.3 Å². The highest BCUT2D eigenvalue weighted by Gasteiger charge is 2.01. The van der Waals surface area contributed by atoms with E-state index >= 15 is 0 Å². The average molecular weight is 212 g/mol. The van der Waals surface area contributed by atoms with Crippen LogP contribution in [0.2, 0.25) is 5.02 Å². The molecule has 0 aliphatic rings. The van der Waals surface area contributed by atoms with Crippen LogP contribution in [0.1, 0.15) is 4.88 Å². The fourth-order valence-electron chi connectivity index (χ4n) is 1.24. The van der Waals surface area contributed by atoms with Crippen LogP contribution in [0, 0.1) is 7.11 Å². The molecule has 0 aliphatic heterocycles. The van der Waals surface area contributed by atoms with Crippen LogP contribution >= 0.6 is 22.9 Å². The van der Waals surface area contributed by atoms with E-state index in [4.69, 9.17) is 16.3 Å². The Bertz CT molecular complexity index is 422. The molecule has 1 aromatic heterocycles. The summed E-state index contributed by atoms with van der Waals surface area (Å²) in [5.74, 6) is 0. The number of thiophene rings is 1. The number of rotatable bonds is 2. The van der Waals surface area contributed by atoms with Gasteiger partial charge in [-0.05, 0) is 29.7 Å². The molecule has 1 radical (unpaired) electrons. The molecule has 0 unspecified atom stereocenters. The lowest BCUT2D eigenvalue weighted by Crippen LogP contribution is -1.76. The molecular weight excluding hydrogens is 204 g/mol. The highest BCUT2D eigenvalue weighted by molar-refractivity contribution is 7.19. The Labute approximate surface area is 85.9 Å². The zero-order valence-corrected chi connectivity index (χ0v) is 8.49. The second-order valence-corrected chi connectivity index (χ2v) is 4.35. The van der Waals surface area contributed by atoms with Crippen LogP contribution in [0.25, 0.3) is 10.1 Å². The molecule has 0 N–H and O–H groups in total. The van der Waals surface area contributed by atoms with Crippen LogP contribution in [-0.2, 0) is 11.3 Å². The van der Waals surface area contributed by atoms with Crippen molar-refractivity contribution in [2.45, 2.75) is 6.61 Å². The van der Waals surface area contributed by atoms with E-state index in [9.17, 15) is 0 Å². The molecule has 67 valence electrons. The van der Waals surface area contributed by atoms with Gasteiger partial charge in [-0.3, -0.25) is 0 Å². The maximum atomic E-state index is 5.87. The van der Waals surface area contributed by atoms with Crippen LogP contribution in [-0.4, -0.2) is 0 Å². The van der Waals surface area contributed by atoms with Crippen LogP contribution in [0.3, 0.4) is 0 Å². The molecule has 1 aromatic carbocycles. The van der Waals surface area contributed by atoms with Crippen molar-refractivity contribution in [1.29, 1.82) is 0 Å². The average Bonchev–Trinajstić information content (AvgIpc) is 2.46. The van der Waals surface area contributed by atoms with Crippen molar-refractivity contribution in [2.75, 3.05) is 0 Å². The van der Waals surface area contributed by atoms with Crippen molar-refractivity contribution in [3.8, 4) is 0 Å². The predicted octanol–water partition coefficient (Wildman–Crippen LogP) is 3.86. The van der Waals surface area contributed by atoms with Gasteiger partial charge in [0.25, 0.3) is 0 Å². The van der Waals surface area contributed by atoms with Gasteiger partial charge < -0.3 is 4.74 Å². The summed E-state index contributed by atoms with van der Waals surface area (Å²) in [5, 5.41) is 1.94. The largest absolute Gasteiger partial charge is 0.374 e. The molecule has 1 nitrogen and oxygen atoms in total. The van der Waals surface area contributed by atoms with Crippen molar-refractivity contribution >= 4 is 33.0 Å². The highest BCUT2D eigenvalue weighted by Crippen LogP contribution is 2.28. The Morgan fingerprint density at radius 3 is 3.00 bits per heavy atom. The summed E-state index contributed by atoms with van der Waals surface area (Å²) in [7, 11) is 3.35. The molecule has 0 aliphatic carbocycles. The Hall–Kier alpha value is -0.570. The number of benzene rings is 1. The Morgan fingerprint density at radius 2 is 2.23 bits per heavy atom. The standard InChI is InChI=1S/C10H8ClOS/c1-12-6-9-5-7-4-8(11)2-3-10(7)13-9/h2-5H,1,6H2. The molecule has 2 aromatic rings. The molecule has 0 saturated carbocycles. The first-order chi connectivity index (χ1) is 6.29. The minimum absolute atomic E-state index is 0.566. The number of hydrogen-bond acceptors (Lipinski definition) is 2. The molecule has 0 atom stereocenters. The molecule has 3 heteroatoms. The first kappa shape index (κ1) is 9.00. The van der Waals surface area contributed by atoms with Crippen LogP contribution in [0.4, 0.5) is 0 Å². The van der Waals surface area contributed by atoms with Crippen molar-refractivity contribution < 1.29 is 4.74 Å². The molecule has 0 fully saturated rings. The predicted molar refractivity (Wildman–Crippen MR) is 57.0 cm³/mol. The molecule has 0 amide bonds. The smallest absolute Gasteiger partial charge is 0.0810 e. The molecule has 13 heavy (non-hydrogen) atoms. The molecule has 0 bridgehead atoms. The van der Waals surface area contributed by atoms with Crippen molar-refractivity contribution in [3.05, 3.63) is 41.3 Å². The third-order valence-corrected chi connectivity index (χ3v) is 3.10. The Kier molecular flexibility index (Phi) is 2.54. The lowest BCUT2D eigenvalue weighted by atomic mass is 10.2. The SMILES string of the molecule is [CH2]OCc1cc2cc(Cl)ccc2s1. The third kappa shape index (κ3) is 1.85. The van der Waals surface area contributed by atoms with Crippen molar-refractivity contribution in [2.24, 2.45) is 0 Å². The van der Waals surface area contributed by atoms with Crippen LogP contribution < -0.4 is 0 Å². The van der Waals surface area contributed by atoms with Gasteiger partial charge in [-0.25, -0.2) is 0 Å². The van der Waals surface area contributed by atoms with E-state index in [0.29, 0.717) is 6.61 Å². The fourth-order valence-corrected chi connectivity index (χ4v) is 2.40. The van der Waals surface area contributed by atoms with Gasteiger partial charge in [0.1, 0.15) is 0 Å². The molecule has 0 spiro atoms. The summed E-state index contributed by atoms with van der Waals surface area (Å²) in [6.07, 6.45) is 0. The summed E-state index contributed by atoms with van der Waals surface area (Å²) in [5.41, 5.74) is 0. The van der Waals surface area contributed by atoms with Crippen molar-refractivity contribution in [1.82, 2.24) is 0 Å². The maximum absolute atomic E-state index is 5.87. The molecule has 1 heterocycles.